The highest BCUT2D eigenvalue weighted by Crippen LogP contribution is 2.38. The zero-order chi connectivity index (χ0) is 20.8. The molecule has 1 fully saturated rings. The fourth-order valence-corrected chi connectivity index (χ4v) is 3.75. The van der Waals surface area contributed by atoms with Crippen molar-refractivity contribution in [2.45, 2.75) is 26.3 Å². The normalized spacial score (nSPS) is 18.6. The van der Waals surface area contributed by atoms with E-state index in [-0.39, 0.29) is 5.57 Å². The molecule has 2 aromatic heterocycles. The number of quaternary nitrogens is 1. The second kappa shape index (κ2) is 9.43. The molecule has 1 aliphatic rings. The number of likely N-dealkylation sites (tertiary alicyclic amines) is 1. The van der Waals surface area contributed by atoms with Crippen LogP contribution in [0.3, 0.4) is 0 Å². The summed E-state index contributed by atoms with van der Waals surface area (Å²) in [6.45, 7) is 7.59. The molecule has 7 nitrogen and oxygen atoms in total. The zero-order valence-electron chi connectivity index (χ0n) is 16.8. The van der Waals surface area contributed by atoms with Gasteiger partial charge in [0, 0.05) is 43.3 Å². The number of carbonyl (C=O) groups excluding carboxylic acids is 2. The van der Waals surface area contributed by atoms with Gasteiger partial charge in [0.05, 0.1) is 25.7 Å². The van der Waals surface area contributed by atoms with Crippen LogP contribution in [0, 0.1) is 0 Å². The maximum absolute atomic E-state index is 13.1. The Morgan fingerprint density at radius 1 is 1.10 bits per heavy atom. The molecule has 2 aromatic rings. The van der Waals surface area contributed by atoms with Gasteiger partial charge in [0.25, 0.3) is 5.91 Å². The van der Waals surface area contributed by atoms with Crippen LogP contribution >= 0.6 is 0 Å². The molecule has 0 aliphatic carbocycles. The van der Waals surface area contributed by atoms with Gasteiger partial charge < -0.3 is 14.9 Å². The average Bonchev–Trinajstić information content (AvgIpc) is 3.02. The van der Waals surface area contributed by atoms with Crippen molar-refractivity contribution in [1.29, 1.82) is 0 Å². The Balaban J connectivity index is 1.98. The van der Waals surface area contributed by atoms with Gasteiger partial charge in [-0.05, 0) is 43.2 Å². The van der Waals surface area contributed by atoms with E-state index in [0.717, 1.165) is 26.1 Å². The van der Waals surface area contributed by atoms with Crippen LogP contribution in [0.25, 0.3) is 5.76 Å². The van der Waals surface area contributed by atoms with Crippen molar-refractivity contribution in [2.24, 2.45) is 0 Å². The lowest BCUT2D eigenvalue weighted by Gasteiger charge is -2.27. The quantitative estimate of drug-likeness (QED) is 0.387. The first-order chi connectivity index (χ1) is 14.1. The number of nitrogens with one attached hydrogen (secondary N) is 1. The number of Topliss-reactive ketones (excluding diaryl/α,β-unsaturated/α-hetero) is 1. The van der Waals surface area contributed by atoms with Crippen LogP contribution in [0.2, 0.25) is 0 Å². The highest BCUT2D eigenvalue weighted by atomic mass is 16.3. The molecule has 1 N–H and O–H groups in total. The highest BCUT2D eigenvalue weighted by Gasteiger charge is 2.44. The monoisotopic (exact) mass is 394 g/mol. The van der Waals surface area contributed by atoms with E-state index in [1.165, 1.54) is 22.2 Å². The molecule has 7 heteroatoms. The molecule has 0 aromatic carbocycles. The van der Waals surface area contributed by atoms with E-state index in [1.54, 1.807) is 36.7 Å². The van der Waals surface area contributed by atoms with Gasteiger partial charge in [-0.25, -0.2) is 0 Å². The standard InChI is InChI=1S/C22H26N4O3/c1-3-25(4-2)13-6-14-26-19(17-7-5-10-24-15-17)18(21(28)22(26)29)20(27)16-8-11-23-12-9-16/h5,7-12,15,19,27H,3-4,6,13-14H2,1-2H3. The summed E-state index contributed by atoms with van der Waals surface area (Å²) in [6.07, 6.45) is 6.99. The Labute approximate surface area is 170 Å². The second-order valence-corrected chi connectivity index (χ2v) is 7.06. The summed E-state index contributed by atoms with van der Waals surface area (Å²) in [4.78, 5) is 36.6. The number of aromatic nitrogens is 2. The van der Waals surface area contributed by atoms with Gasteiger partial charge >= 0.3 is 0 Å². The number of carbonyl (C=O) groups is 2. The molecule has 0 radical (unpaired) electrons. The van der Waals surface area contributed by atoms with Gasteiger partial charge in [-0.2, -0.15) is 0 Å². The van der Waals surface area contributed by atoms with Gasteiger partial charge in [0.2, 0.25) is 5.78 Å². The van der Waals surface area contributed by atoms with Gasteiger partial charge in [-0.3, -0.25) is 19.6 Å². The minimum atomic E-state index is -0.726. The van der Waals surface area contributed by atoms with Crippen molar-refractivity contribution < 1.29 is 19.6 Å². The van der Waals surface area contributed by atoms with Crippen LogP contribution < -0.4 is 10.0 Å². The van der Waals surface area contributed by atoms with E-state index < -0.39 is 23.5 Å². The molecule has 0 saturated carbocycles. The summed E-state index contributed by atoms with van der Waals surface area (Å²) in [7, 11) is 0. The largest absolute Gasteiger partial charge is 0.872 e. The van der Waals surface area contributed by atoms with Crippen LogP contribution in [0.5, 0.6) is 0 Å². The highest BCUT2D eigenvalue weighted by molar-refractivity contribution is 6.46. The summed E-state index contributed by atoms with van der Waals surface area (Å²) in [5.41, 5.74) is 1.00. The molecule has 1 unspecified atom stereocenters. The lowest BCUT2D eigenvalue weighted by atomic mass is 9.96. The van der Waals surface area contributed by atoms with Crippen LogP contribution in [0.15, 0.2) is 54.6 Å². The Bertz CT molecular complexity index is 879. The average molecular weight is 394 g/mol. The van der Waals surface area contributed by atoms with Gasteiger partial charge in [-0.15, -0.1) is 0 Å². The minimum Gasteiger partial charge on any atom is -0.872 e. The van der Waals surface area contributed by atoms with Crippen LogP contribution in [0.1, 0.15) is 37.4 Å². The lowest BCUT2D eigenvalue weighted by molar-refractivity contribution is -0.896. The van der Waals surface area contributed by atoms with E-state index in [4.69, 9.17) is 0 Å². The van der Waals surface area contributed by atoms with Crippen LogP contribution in [-0.2, 0) is 9.59 Å². The Hall–Kier alpha value is -3.06. The maximum atomic E-state index is 13.1. The third-order valence-electron chi connectivity index (χ3n) is 5.40. The second-order valence-electron chi connectivity index (χ2n) is 7.06. The Kier molecular flexibility index (Phi) is 6.72. The van der Waals surface area contributed by atoms with Crippen molar-refractivity contribution in [3.05, 3.63) is 65.8 Å². The minimum absolute atomic E-state index is 0.00983. The predicted octanol–water partition coefficient (Wildman–Crippen LogP) is 0.0154. The van der Waals surface area contributed by atoms with Crippen molar-refractivity contribution >= 4 is 17.4 Å². The van der Waals surface area contributed by atoms with E-state index in [9.17, 15) is 14.7 Å². The summed E-state index contributed by atoms with van der Waals surface area (Å²) < 4.78 is 0. The number of ketones is 1. The molecule has 0 bridgehead atoms. The third kappa shape index (κ3) is 4.35. The van der Waals surface area contributed by atoms with E-state index >= 15 is 0 Å². The topological polar surface area (TPSA) is 90.7 Å². The molecule has 29 heavy (non-hydrogen) atoms. The van der Waals surface area contributed by atoms with Crippen molar-refractivity contribution in [1.82, 2.24) is 14.9 Å². The number of hydrogen-bond donors (Lipinski definition) is 1. The summed E-state index contributed by atoms with van der Waals surface area (Å²) in [5, 5.41) is 13.1. The van der Waals surface area contributed by atoms with E-state index in [0.29, 0.717) is 17.7 Å². The molecule has 3 rings (SSSR count). The number of rotatable bonds is 8. The first-order valence-corrected chi connectivity index (χ1v) is 9.98. The Morgan fingerprint density at radius 2 is 1.83 bits per heavy atom. The van der Waals surface area contributed by atoms with E-state index in [2.05, 4.69) is 23.8 Å². The van der Waals surface area contributed by atoms with Crippen molar-refractivity contribution in [3.8, 4) is 0 Å². The summed E-state index contributed by atoms with van der Waals surface area (Å²) >= 11 is 0. The van der Waals surface area contributed by atoms with Crippen LogP contribution in [0.4, 0.5) is 0 Å². The molecular formula is C22H26N4O3. The molecule has 1 atom stereocenters. The molecule has 1 amide bonds. The SMILES string of the molecule is CC[NH+](CC)CCCN1C(=O)C(=O)C(=C([O-])c2ccncc2)C1c1cccnc1. The molecule has 1 saturated heterocycles. The fraction of sp³-hybridized carbons (Fsp3) is 0.364. The first-order valence-electron chi connectivity index (χ1n) is 9.98. The van der Waals surface area contributed by atoms with Gasteiger partial charge in [0.1, 0.15) is 0 Å². The number of pyridine rings is 2. The van der Waals surface area contributed by atoms with Crippen molar-refractivity contribution in [3.63, 3.8) is 0 Å². The molecule has 1 aliphatic heterocycles. The smallest absolute Gasteiger partial charge is 0.295 e. The number of hydrogen-bond acceptors (Lipinski definition) is 5. The molecule has 3 heterocycles. The van der Waals surface area contributed by atoms with E-state index in [1.807, 2.05) is 0 Å². The van der Waals surface area contributed by atoms with Gasteiger partial charge in [-0.1, -0.05) is 11.8 Å². The summed E-state index contributed by atoms with van der Waals surface area (Å²) in [6, 6.07) is 5.94. The molecular weight excluding hydrogens is 368 g/mol. The predicted molar refractivity (Wildman–Crippen MR) is 106 cm³/mol. The molecule has 0 spiro atoms. The molecule has 152 valence electrons. The first kappa shape index (κ1) is 20.7. The summed E-state index contributed by atoms with van der Waals surface area (Å²) in [5.74, 6) is -1.78. The lowest BCUT2D eigenvalue weighted by Crippen LogP contribution is -3.11. The number of nitrogens with zero attached hydrogens (tertiary/aromatic N) is 3. The fourth-order valence-electron chi connectivity index (χ4n) is 3.75. The van der Waals surface area contributed by atoms with Crippen molar-refractivity contribution in [2.75, 3.05) is 26.2 Å². The number of amides is 1. The van der Waals surface area contributed by atoms with Crippen LogP contribution in [-0.4, -0.2) is 52.7 Å². The maximum Gasteiger partial charge on any atom is 0.295 e. The zero-order valence-corrected chi connectivity index (χ0v) is 16.8. The Morgan fingerprint density at radius 3 is 2.45 bits per heavy atom. The third-order valence-corrected chi connectivity index (χ3v) is 5.40. The van der Waals surface area contributed by atoms with Gasteiger partial charge in [0.15, 0.2) is 0 Å².